The molecule has 1 heterocycles. The molecular formula is C28H31N3O4. The first-order valence-corrected chi connectivity index (χ1v) is 11.9. The normalized spacial score (nSPS) is 16.1. The van der Waals surface area contributed by atoms with E-state index in [0.29, 0.717) is 32.4 Å². The minimum Gasteiger partial charge on any atom is -0.369 e. The number of hydrogen-bond acceptors (Lipinski definition) is 5. The Kier molecular flexibility index (Phi) is 7.90. The maximum Gasteiger partial charge on any atom is 0.269 e. The molecule has 3 aromatic rings. The maximum absolute atomic E-state index is 13.0. The highest BCUT2D eigenvalue weighted by atomic mass is 16.6. The van der Waals surface area contributed by atoms with Gasteiger partial charge in [0, 0.05) is 57.8 Å². The minimum absolute atomic E-state index is 0.0588. The Morgan fingerprint density at radius 2 is 1.63 bits per heavy atom. The molecule has 4 rings (SSSR count). The third-order valence-corrected chi connectivity index (χ3v) is 6.75. The van der Waals surface area contributed by atoms with E-state index in [4.69, 9.17) is 4.74 Å². The summed E-state index contributed by atoms with van der Waals surface area (Å²) in [6, 6.07) is 26.9. The first kappa shape index (κ1) is 24.6. The molecule has 35 heavy (non-hydrogen) atoms. The summed E-state index contributed by atoms with van der Waals surface area (Å²) in [5.41, 5.74) is 2.50. The molecule has 7 heteroatoms. The lowest BCUT2D eigenvalue weighted by molar-refractivity contribution is -0.384. The van der Waals surface area contributed by atoms with E-state index in [2.05, 4.69) is 29.6 Å². The smallest absolute Gasteiger partial charge is 0.269 e. The highest BCUT2D eigenvalue weighted by molar-refractivity contribution is 5.76. The molecule has 7 nitrogen and oxygen atoms in total. The molecule has 1 aliphatic heterocycles. The van der Waals surface area contributed by atoms with E-state index >= 15 is 0 Å². The van der Waals surface area contributed by atoms with Crippen molar-refractivity contribution in [2.75, 3.05) is 26.7 Å². The van der Waals surface area contributed by atoms with Crippen LogP contribution in [0.15, 0.2) is 84.9 Å². The molecule has 0 aromatic heterocycles. The monoisotopic (exact) mass is 473 g/mol. The number of ether oxygens (including phenoxy) is 1. The Balaban J connectivity index is 1.45. The summed E-state index contributed by atoms with van der Waals surface area (Å²) in [5.74, 6) is 0.0947. The standard InChI is InChI=1S/C28H31N3O4/c1-35-28(23-8-4-2-5-9-23,24-10-6-3-7-11-24)20-25-21-30(19-18-29-25)27(32)17-14-22-12-15-26(16-13-22)31(33)34/h2-13,15-16,25,29H,14,17-21H2,1H3. The average molecular weight is 474 g/mol. The Morgan fingerprint density at radius 1 is 1.03 bits per heavy atom. The van der Waals surface area contributed by atoms with E-state index in [0.717, 1.165) is 23.2 Å². The summed E-state index contributed by atoms with van der Waals surface area (Å²) in [6.07, 6.45) is 1.61. The molecule has 0 aliphatic carbocycles. The Labute approximate surface area is 205 Å². The first-order chi connectivity index (χ1) is 17.0. The lowest BCUT2D eigenvalue weighted by atomic mass is 9.80. The van der Waals surface area contributed by atoms with Crippen LogP contribution >= 0.6 is 0 Å². The number of amides is 1. The molecule has 0 radical (unpaired) electrons. The van der Waals surface area contributed by atoms with Crippen LogP contribution in [0.25, 0.3) is 0 Å². The zero-order chi connectivity index (χ0) is 24.7. The molecule has 3 aromatic carbocycles. The van der Waals surface area contributed by atoms with Crippen molar-refractivity contribution in [2.24, 2.45) is 0 Å². The van der Waals surface area contributed by atoms with Crippen molar-refractivity contribution < 1.29 is 14.5 Å². The van der Waals surface area contributed by atoms with Gasteiger partial charge < -0.3 is 15.0 Å². The van der Waals surface area contributed by atoms with Crippen molar-refractivity contribution >= 4 is 11.6 Å². The number of methoxy groups -OCH3 is 1. The molecule has 182 valence electrons. The number of carbonyl (C=O) groups is 1. The van der Waals surface area contributed by atoms with Crippen LogP contribution in [0, 0.1) is 10.1 Å². The van der Waals surface area contributed by atoms with Crippen LogP contribution in [0.2, 0.25) is 0 Å². The van der Waals surface area contributed by atoms with Gasteiger partial charge in [0.1, 0.15) is 5.60 Å². The number of nitro benzene ring substituents is 1. The summed E-state index contributed by atoms with van der Waals surface area (Å²) >= 11 is 0. The topological polar surface area (TPSA) is 84.7 Å². The van der Waals surface area contributed by atoms with Crippen LogP contribution in [-0.2, 0) is 21.6 Å². The number of carbonyl (C=O) groups excluding carboxylic acids is 1. The van der Waals surface area contributed by atoms with Gasteiger partial charge in [0.05, 0.1) is 4.92 Å². The van der Waals surface area contributed by atoms with Gasteiger partial charge in [0.25, 0.3) is 5.69 Å². The second-order valence-electron chi connectivity index (χ2n) is 8.88. The predicted molar refractivity (Wildman–Crippen MR) is 135 cm³/mol. The Bertz CT molecular complexity index is 1080. The summed E-state index contributed by atoms with van der Waals surface area (Å²) in [6.45, 7) is 1.98. The number of hydrogen-bond donors (Lipinski definition) is 1. The number of piperazine rings is 1. The lowest BCUT2D eigenvalue weighted by Gasteiger charge is -2.41. The van der Waals surface area contributed by atoms with Crippen LogP contribution in [0.1, 0.15) is 29.5 Å². The second-order valence-corrected chi connectivity index (χ2v) is 8.88. The number of nitrogens with zero attached hydrogens (tertiary/aromatic N) is 2. The zero-order valence-electron chi connectivity index (χ0n) is 19.9. The number of benzene rings is 3. The van der Waals surface area contributed by atoms with Crippen molar-refractivity contribution in [2.45, 2.75) is 30.9 Å². The number of nitrogens with one attached hydrogen (secondary N) is 1. The lowest BCUT2D eigenvalue weighted by Crippen LogP contribution is -2.55. The molecule has 1 unspecified atom stereocenters. The van der Waals surface area contributed by atoms with E-state index < -0.39 is 10.5 Å². The van der Waals surface area contributed by atoms with Gasteiger partial charge >= 0.3 is 0 Å². The van der Waals surface area contributed by atoms with Crippen molar-refractivity contribution in [1.29, 1.82) is 0 Å². The first-order valence-electron chi connectivity index (χ1n) is 11.9. The van der Waals surface area contributed by atoms with Crippen molar-refractivity contribution in [3.05, 3.63) is 112 Å². The van der Waals surface area contributed by atoms with Gasteiger partial charge in [-0.15, -0.1) is 0 Å². The van der Waals surface area contributed by atoms with Gasteiger partial charge in [0.15, 0.2) is 0 Å². The van der Waals surface area contributed by atoms with Crippen molar-refractivity contribution in [3.63, 3.8) is 0 Å². The van der Waals surface area contributed by atoms with Gasteiger partial charge in [-0.25, -0.2) is 0 Å². The quantitative estimate of drug-likeness (QED) is 0.370. The highest BCUT2D eigenvalue weighted by Crippen LogP contribution is 2.38. The molecule has 1 fully saturated rings. The fraction of sp³-hybridized carbons (Fsp3) is 0.321. The number of nitro groups is 1. The van der Waals surface area contributed by atoms with E-state index in [9.17, 15) is 14.9 Å². The van der Waals surface area contributed by atoms with Crippen LogP contribution < -0.4 is 5.32 Å². The fourth-order valence-corrected chi connectivity index (χ4v) is 4.87. The largest absolute Gasteiger partial charge is 0.369 e. The molecule has 0 spiro atoms. The molecule has 1 N–H and O–H groups in total. The fourth-order valence-electron chi connectivity index (χ4n) is 4.87. The van der Waals surface area contributed by atoms with E-state index in [1.165, 1.54) is 12.1 Å². The van der Waals surface area contributed by atoms with E-state index in [-0.39, 0.29) is 17.6 Å². The highest BCUT2D eigenvalue weighted by Gasteiger charge is 2.38. The Morgan fingerprint density at radius 3 is 2.17 bits per heavy atom. The number of non-ortho nitro benzene ring substituents is 1. The molecule has 1 aliphatic rings. The predicted octanol–water partition coefficient (Wildman–Crippen LogP) is 4.31. The third kappa shape index (κ3) is 5.75. The van der Waals surface area contributed by atoms with Crippen LogP contribution in [-0.4, -0.2) is 48.5 Å². The summed E-state index contributed by atoms with van der Waals surface area (Å²) in [7, 11) is 1.75. The molecule has 1 atom stereocenters. The van der Waals surface area contributed by atoms with Gasteiger partial charge in [-0.05, 0) is 23.1 Å². The molecule has 0 saturated carbocycles. The summed E-state index contributed by atoms with van der Waals surface area (Å²) in [5, 5.41) is 14.4. The zero-order valence-corrected chi connectivity index (χ0v) is 19.9. The van der Waals surface area contributed by atoms with Gasteiger partial charge in [-0.1, -0.05) is 72.8 Å². The average Bonchev–Trinajstić information content (AvgIpc) is 2.92. The molecule has 1 amide bonds. The third-order valence-electron chi connectivity index (χ3n) is 6.75. The van der Waals surface area contributed by atoms with Gasteiger partial charge in [-0.2, -0.15) is 0 Å². The molecular weight excluding hydrogens is 442 g/mol. The summed E-state index contributed by atoms with van der Waals surface area (Å²) < 4.78 is 6.25. The van der Waals surface area contributed by atoms with Crippen LogP contribution in [0.3, 0.4) is 0 Å². The number of aryl methyl sites for hydroxylation is 1. The van der Waals surface area contributed by atoms with Gasteiger partial charge in [0.2, 0.25) is 5.91 Å². The SMILES string of the molecule is COC(CC1CN(C(=O)CCc2ccc([N+](=O)[O-])cc2)CCN1)(c1ccccc1)c1ccccc1. The summed E-state index contributed by atoms with van der Waals surface area (Å²) in [4.78, 5) is 25.4. The van der Waals surface area contributed by atoms with Crippen LogP contribution in [0.4, 0.5) is 5.69 Å². The Hall–Kier alpha value is -3.55. The van der Waals surface area contributed by atoms with Crippen molar-refractivity contribution in [3.8, 4) is 0 Å². The van der Waals surface area contributed by atoms with Crippen LogP contribution in [0.5, 0.6) is 0 Å². The minimum atomic E-state index is -0.634. The maximum atomic E-state index is 13.0. The molecule has 0 bridgehead atoms. The van der Waals surface area contributed by atoms with Gasteiger partial charge in [-0.3, -0.25) is 14.9 Å². The van der Waals surface area contributed by atoms with E-state index in [1.54, 1.807) is 19.2 Å². The van der Waals surface area contributed by atoms with E-state index in [1.807, 2.05) is 41.3 Å². The molecule has 1 saturated heterocycles. The second kappa shape index (κ2) is 11.3. The van der Waals surface area contributed by atoms with Crippen molar-refractivity contribution in [1.82, 2.24) is 10.2 Å². The number of rotatable bonds is 9.